The third-order valence-electron chi connectivity index (χ3n) is 1.68. The normalized spacial score (nSPS) is 10.3. The fourth-order valence-electron chi connectivity index (χ4n) is 0.918. The third kappa shape index (κ3) is 1.99. The molecule has 1 aromatic carbocycles. The summed E-state index contributed by atoms with van der Waals surface area (Å²) < 4.78 is 2.16. The first-order chi connectivity index (χ1) is 5.66. The number of hydrogen-bond donors (Lipinski definition) is 0. The fraction of sp³-hybridized carbons (Fsp3) is 0.100. The van der Waals surface area contributed by atoms with Crippen molar-refractivity contribution in [3.63, 3.8) is 0 Å². The van der Waals surface area contributed by atoms with Crippen LogP contribution in [0.25, 0.3) is 0 Å². The molecule has 0 heterocycles. The number of halogens is 2. The van der Waals surface area contributed by atoms with Crippen molar-refractivity contribution in [3.8, 4) is 0 Å². The van der Waals surface area contributed by atoms with E-state index in [4.69, 9.17) is 0 Å². The number of allylic oxidation sites excluding steroid dienone is 1. The van der Waals surface area contributed by atoms with Gasteiger partial charge in [-0.25, -0.2) is 0 Å². The van der Waals surface area contributed by atoms with Gasteiger partial charge in [0.05, 0.1) is 0 Å². The van der Waals surface area contributed by atoms with Crippen LogP contribution in [0.5, 0.6) is 0 Å². The molecule has 1 aromatic rings. The maximum absolute atomic E-state index is 3.73. The maximum atomic E-state index is 3.73. The summed E-state index contributed by atoms with van der Waals surface area (Å²) in [5.41, 5.74) is 1.18. The minimum atomic E-state index is 1.07. The van der Waals surface area contributed by atoms with Gasteiger partial charge in [-0.2, -0.15) is 0 Å². The molecule has 0 N–H and O–H groups in total. The highest BCUT2D eigenvalue weighted by Gasteiger charge is 2.07. The second-order valence-electron chi connectivity index (χ2n) is 2.49. The van der Waals surface area contributed by atoms with Gasteiger partial charge in [-0.05, 0) is 43.5 Å². The zero-order valence-electron chi connectivity index (χ0n) is 6.77. The second kappa shape index (κ2) is 4.24. The molecule has 0 unspecified atom stereocenters. The average molecular weight is 289 g/mol. The molecule has 1 rings (SSSR count). The zero-order valence-corrected chi connectivity index (χ0v) is 9.94. The van der Waals surface area contributed by atoms with Crippen LogP contribution in [0.2, 0.25) is 0 Å². The quantitative estimate of drug-likeness (QED) is 0.759. The lowest BCUT2D eigenvalue weighted by Gasteiger charge is -2.08. The van der Waals surface area contributed by atoms with Gasteiger partial charge in [-0.15, -0.1) is 6.58 Å². The Labute approximate surface area is 89.9 Å². The smallest absolute Gasteiger partial charge is 0.0358 e. The van der Waals surface area contributed by atoms with Gasteiger partial charge in [-0.1, -0.05) is 25.1 Å². The molecule has 0 aliphatic heterocycles. The van der Waals surface area contributed by atoms with E-state index in [9.17, 15) is 0 Å². The summed E-state index contributed by atoms with van der Waals surface area (Å²) >= 11 is 6.96. The van der Waals surface area contributed by atoms with Crippen LogP contribution in [0.3, 0.4) is 0 Å². The summed E-state index contributed by atoms with van der Waals surface area (Å²) in [4.78, 5) is 0. The summed E-state index contributed by atoms with van der Waals surface area (Å²) in [6.07, 6.45) is 1.85. The largest absolute Gasteiger partial charge is 0.102 e. The van der Waals surface area contributed by atoms with E-state index in [2.05, 4.69) is 44.5 Å². The van der Waals surface area contributed by atoms with Crippen molar-refractivity contribution in [3.05, 3.63) is 51.3 Å². The molecular formula is C10H9Br2. The molecule has 2 heteroatoms. The van der Waals surface area contributed by atoms with E-state index in [1.807, 2.05) is 25.1 Å². The van der Waals surface area contributed by atoms with Crippen LogP contribution in [-0.4, -0.2) is 0 Å². The third-order valence-corrected chi connectivity index (χ3v) is 3.73. The Bertz CT molecular complexity index is 292. The van der Waals surface area contributed by atoms with Crippen molar-refractivity contribution in [2.75, 3.05) is 0 Å². The van der Waals surface area contributed by atoms with E-state index in [1.165, 1.54) is 11.5 Å². The van der Waals surface area contributed by atoms with Gasteiger partial charge in [0, 0.05) is 14.9 Å². The van der Waals surface area contributed by atoms with E-state index >= 15 is 0 Å². The standard InChI is InChI=1S/C10H9Br2/c1-3-7(2)8-5-4-6-9(11)10(8)12/h3-6H,1H2,2H3. The summed E-state index contributed by atoms with van der Waals surface area (Å²) in [6, 6.07) is 6.08. The average Bonchev–Trinajstić information content (AvgIpc) is 2.08. The lowest BCUT2D eigenvalue weighted by atomic mass is 10.0. The van der Waals surface area contributed by atoms with Crippen molar-refractivity contribution < 1.29 is 0 Å². The molecule has 0 saturated heterocycles. The molecule has 1 radical (unpaired) electrons. The lowest BCUT2D eigenvalue weighted by molar-refractivity contribution is 1.23. The van der Waals surface area contributed by atoms with Gasteiger partial charge in [0.1, 0.15) is 0 Å². The molecule has 63 valence electrons. The number of benzene rings is 1. The molecule has 0 aromatic heterocycles. The monoisotopic (exact) mass is 287 g/mol. The van der Waals surface area contributed by atoms with Crippen LogP contribution < -0.4 is 0 Å². The van der Waals surface area contributed by atoms with Gasteiger partial charge in [0.25, 0.3) is 0 Å². The number of hydrogen-bond acceptors (Lipinski definition) is 0. The molecule has 0 fully saturated rings. The Morgan fingerprint density at radius 3 is 2.67 bits per heavy atom. The fourth-order valence-corrected chi connectivity index (χ4v) is 1.86. The molecule has 0 nitrogen and oxygen atoms in total. The molecule has 0 spiro atoms. The summed E-state index contributed by atoms with van der Waals surface area (Å²) in [5.74, 6) is 1.17. The summed E-state index contributed by atoms with van der Waals surface area (Å²) in [6.45, 7) is 5.78. The van der Waals surface area contributed by atoms with Gasteiger partial charge >= 0.3 is 0 Å². The van der Waals surface area contributed by atoms with E-state index < -0.39 is 0 Å². The summed E-state index contributed by atoms with van der Waals surface area (Å²) in [5, 5.41) is 0. The minimum absolute atomic E-state index is 1.07. The van der Waals surface area contributed by atoms with E-state index in [1.54, 1.807) is 0 Å². The maximum Gasteiger partial charge on any atom is 0.0358 e. The highest BCUT2D eigenvalue weighted by molar-refractivity contribution is 9.13. The summed E-state index contributed by atoms with van der Waals surface area (Å²) in [7, 11) is 0. The molecular weight excluding hydrogens is 280 g/mol. The second-order valence-corrected chi connectivity index (χ2v) is 4.14. The molecule has 0 atom stereocenters. The van der Waals surface area contributed by atoms with Crippen molar-refractivity contribution in [2.24, 2.45) is 0 Å². The van der Waals surface area contributed by atoms with Gasteiger partial charge < -0.3 is 0 Å². The van der Waals surface area contributed by atoms with E-state index in [-0.39, 0.29) is 0 Å². The predicted molar refractivity (Wildman–Crippen MR) is 60.1 cm³/mol. The minimum Gasteiger partial charge on any atom is -0.102 e. The van der Waals surface area contributed by atoms with Gasteiger partial charge in [0.2, 0.25) is 0 Å². The molecule has 0 amide bonds. The molecule has 0 aliphatic carbocycles. The first-order valence-electron chi connectivity index (χ1n) is 3.57. The highest BCUT2D eigenvalue weighted by atomic mass is 79.9. The number of rotatable bonds is 2. The van der Waals surface area contributed by atoms with Crippen LogP contribution in [-0.2, 0) is 0 Å². The van der Waals surface area contributed by atoms with Crippen LogP contribution in [0.15, 0.2) is 39.8 Å². The SMILES string of the molecule is C=C[C](C)c1cccc(Br)c1Br. The zero-order chi connectivity index (χ0) is 9.14. The van der Waals surface area contributed by atoms with Crippen LogP contribution in [0.4, 0.5) is 0 Å². The van der Waals surface area contributed by atoms with Gasteiger partial charge in [0.15, 0.2) is 0 Å². The van der Waals surface area contributed by atoms with Crippen molar-refractivity contribution in [2.45, 2.75) is 6.92 Å². The molecule has 12 heavy (non-hydrogen) atoms. The van der Waals surface area contributed by atoms with Crippen molar-refractivity contribution in [1.29, 1.82) is 0 Å². The first-order valence-corrected chi connectivity index (χ1v) is 5.15. The Morgan fingerprint density at radius 1 is 1.42 bits per heavy atom. The predicted octanol–water partition coefficient (Wildman–Crippen LogP) is 4.34. The highest BCUT2D eigenvalue weighted by Crippen LogP contribution is 2.31. The Hall–Kier alpha value is -0.0800. The van der Waals surface area contributed by atoms with Crippen molar-refractivity contribution in [1.82, 2.24) is 0 Å². The lowest BCUT2D eigenvalue weighted by Crippen LogP contribution is -1.91. The van der Waals surface area contributed by atoms with E-state index in [0.29, 0.717) is 0 Å². The Morgan fingerprint density at radius 2 is 2.08 bits per heavy atom. The van der Waals surface area contributed by atoms with Crippen LogP contribution in [0, 0.1) is 5.92 Å². The first kappa shape index (κ1) is 10.0. The Balaban J connectivity index is 3.15. The van der Waals surface area contributed by atoms with Crippen molar-refractivity contribution >= 4 is 31.9 Å². The molecule has 0 saturated carbocycles. The van der Waals surface area contributed by atoms with E-state index in [0.717, 1.165) is 8.95 Å². The van der Waals surface area contributed by atoms with Crippen LogP contribution >= 0.6 is 31.9 Å². The topological polar surface area (TPSA) is 0 Å². The van der Waals surface area contributed by atoms with Crippen LogP contribution in [0.1, 0.15) is 12.5 Å². The molecule has 0 bridgehead atoms. The Kier molecular flexibility index (Phi) is 3.53. The molecule has 0 aliphatic rings. The van der Waals surface area contributed by atoms with Gasteiger partial charge in [-0.3, -0.25) is 0 Å².